The van der Waals surface area contributed by atoms with Crippen LogP contribution < -0.4 is 5.32 Å². The summed E-state index contributed by atoms with van der Waals surface area (Å²) in [6.07, 6.45) is 11.6. The molecular formula is C18H34N2. The summed E-state index contributed by atoms with van der Waals surface area (Å²) < 4.78 is 0. The van der Waals surface area contributed by atoms with Crippen molar-refractivity contribution >= 4 is 0 Å². The highest BCUT2D eigenvalue weighted by Crippen LogP contribution is 2.41. The van der Waals surface area contributed by atoms with Crippen LogP contribution in [0.25, 0.3) is 0 Å². The van der Waals surface area contributed by atoms with E-state index in [0.29, 0.717) is 5.41 Å². The van der Waals surface area contributed by atoms with Gasteiger partial charge in [0, 0.05) is 31.2 Å². The first-order valence-corrected chi connectivity index (χ1v) is 9.04. The maximum atomic E-state index is 3.87. The lowest BCUT2D eigenvalue weighted by Gasteiger charge is -2.45. The van der Waals surface area contributed by atoms with Gasteiger partial charge in [0.05, 0.1) is 0 Å². The van der Waals surface area contributed by atoms with E-state index < -0.39 is 0 Å². The Morgan fingerprint density at radius 3 is 2.45 bits per heavy atom. The Morgan fingerprint density at radius 2 is 1.80 bits per heavy atom. The number of hydrogen-bond donors (Lipinski definition) is 1. The lowest BCUT2D eigenvalue weighted by atomic mass is 9.82. The molecule has 116 valence electrons. The topological polar surface area (TPSA) is 15.3 Å². The zero-order chi connectivity index (χ0) is 14.2. The second kappa shape index (κ2) is 5.96. The van der Waals surface area contributed by atoms with Gasteiger partial charge < -0.3 is 5.32 Å². The van der Waals surface area contributed by atoms with Crippen LogP contribution in [0.2, 0.25) is 0 Å². The first-order valence-electron chi connectivity index (χ1n) is 9.04. The molecule has 1 aliphatic heterocycles. The van der Waals surface area contributed by atoms with Crippen LogP contribution in [0.1, 0.15) is 72.1 Å². The van der Waals surface area contributed by atoms with Crippen molar-refractivity contribution in [2.75, 3.05) is 13.1 Å². The maximum absolute atomic E-state index is 3.87. The molecule has 2 heteroatoms. The van der Waals surface area contributed by atoms with Gasteiger partial charge in [0.1, 0.15) is 0 Å². The number of rotatable bonds is 2. The van der Waals surface area contributed by atoms with E-state index in [4.69, 9.17) is 0 Å². The van der Waals surface area contributed by atoms with Gasteiger partial charge in [-0.05, 0) is 50.4 Å². The van der Waals surface area contributed by atoms with Crippen LogP contribution >= 0.6 is 0 Å². The third kappa shape index (κ3) is 3.22. The first-order chi connectivity index (χ1) is 9.55. The minimum atomic E-state index is 0.579. The molecule has 0 aromatic rings. The lowest BCUT2D eigenvalue weighted by molar-refractivity contribution is 0.0638. The molecule has 0 amide bonds. The molecule has 0 radical (unpaired) electrons. The molecule has 0 spiro atoms. The molecule has 0 aromatic heterocycles. The van der Waals surface area contributed by atoms with Gasteiger partial charge in [0.15, 0.2) is 0 Å². The van der Waals surface area contributed by atoms with Gasteiger partial charge >= 0.3 is 0 Å². The van der Waals surface area contributed by atoms with Crippen molar-refractivity contribution < 1.29 is 0 Å². The summed E-state index contributed by atoms with van der Waals surface area (Å²) in [6.45, 7) is 9.86. The van der Waals surface area contributed by atoms with Crippen molar-refractivity contribution in [3.8, 4) is 0 Å². The first kappa shape index (κ1) is 14.8. The quantitative estimate of drug-likeness (QED) is 0.826. The van der Waals surface area contributed by atoms with E-state index in [1.807, 2.05) is 0 Å². The van der Waals surface area contributed by atoms with Crippen molar-refractivity contribution in [2.24, 2.45) is 11.3 Å². The summed E-state index contributed by atoms with van der Waals surface area (Å²) in [4.78, 5) is 2.87. The molecule has 1 heterocycles. The summed E-state index contributed by atoms with van der Waals surface area (Å²) in [7, 11) is 0. The Labute approximate surface area is 125 Å². The third-order valence-corrected chi connectivity index (χ3v) is 6.28. The van der Waals surface area contributed by atoms with E-state index >= 15 is 0 Å². The molecule has 3 rings (SSSR count). The third-order valence-electron chi connectivity index (χ3n) is 6.28. The Kier molecular flexibility index (Phi) is 4.42. The van der Waals surface area contributed by atoms with Gasteiger partial charge in [-0.25, -0.2) is 0 Å². The zero-order valence-electron chi connectivity index (χ0n) is 13.8. The van der Waals surface area contributed by atoms with Crippen LogP contribution in [0.5, 0.6) is 0 Å². The zero-order valence-corrected chi connectivity index (χ0v) is 13.8. The second-order valence-corrected chi connectivity index (χ2v) is 8.52. The Balaban J connectivity index is 1.61. The number of nitrogens with one attached hydrogen (secondary N) is 1. The smallest absolute Gasteiger partial charge is 0.0224 e. The van der Waals surface area contributed by atoms with Crippen molar-refractivity contribution in [1.29, 1.82) is 0 Å². The number of nitrogens with zero attached hydrogens (tertiary/aromatic N) is 1. The molecule has 3 unspecified atom stereocenters. The van der Waals surface area contributed by atoms with Gasteiger partial charge in [0.2, 0.25) is 0 Å². The van der Waals surface area contributed by atoms with Crippen LogP contribution in [0.4, 0.5) is 0 Å². The standard InChI is InChI=1S/C18H34N2/c1-14-12-19-17(15-7-5-4-6-8-15)13-20(14)16-9-10-18(2,3)11-16/h14-17,19H,4-13H2,1-3H3. The van der Waals surface area contributed by atoms with Crippen LogP contribution in [-0.2, 0) is 0 Å². The summed E-state index contributed by atoms with van der Waals surface area (Å²) in [5.41, 5.74) is 0.579. The monoisotopic (exact) mass is 278 g/mol. The fraction of sp³-hybridized carbons (Fsp3) is 1.00. The van der Waals surface area contributed by atoms with Gasteiger partial charge in [-0.3, -0.25) is 4.90 Å². The molecule has 1 N–H and O–H groups in total. The molecule has 3 aliphatic rings. The normalized spacial score (nSPS) is 40.0. The average Bonchev–Trinajstić information content (AvgIpc) is 2.80. The van der Waals surface area contributed by atoms with E-state index in [9.17, 15) is 0 Å². The predicted molar refractivity (Wildman–Crippen MR) is 86.0 cm³/mol. The van der Waals surface area contributed by atoms with E-state index in [2.05, 4.69) is 31.0 Å². The minimum Gasteiger partial charge on any atom is -0.311 e. The average molecular weight is 278 g/mol. The highest BCUT2D eigenvalue weighted by molar-refractivity contribution is 4.96. The van der Waals surface area contributed by atoms with Crippen LogP contribution in [0.3, 0.4) is 0 Å². The SMILES string of the molecule is CC1CNC(C2CCCCC2)CN1C1CCC(C)(C)C1. The molecule has 2 nitrogen and oxygen atoms in total. The van der Waals surface area contributed by atoms with E-state index in [1.165, 1.54) is 64.5 Å². The largest absolute Gasteiger partial charge is 0.311 e. The summed E-state index contributed by atoms with van der Waals surface area (Å²) >= 11 is 0. The molecule has 0 bridgehead atoms. The molecule has 2 saturated carbocycles. The molecule has 0 aromatic carbocycles. The molecule has 3 atom stereocenters. The van der Waals surface area contributed by atoms with Crippen molar-refractivity contribution in [2.45, 2.75) is 90.3 Å². The van der Waals surface area contributed by atoms with Gasteiger partial charge in [-0.1, -0.05) is 33.1 Å². The van der Waals surface area contributed by atoms with E-state index in [1.54, 1.807) is 0 Å². The van der Waals surface area contributed by atoms with Crippen molar-refractivity contribution in [1.82, 2.24) is 10.2 Å². The van der Waals surface area contributed by atoms with E-state index in [-0.39, 0.29) is 0 Å². The second-order valence-electron chi connectivity index (χ2n) is 8.52. The summed E-state index contributed by atoms with van der Waals surface area (Å²) in [6, 6.07) is 2.36. The van der Waals surface area contributed by atoms with Gasteiger partial charge in [-0.15, -0.1) is 0 Å². The Bertz CT molecular complexity index is 319. The van der Waals surface area contributed by atoms with Crippen molar-refractivity contribution in [3.63, 3.8) is 0 Å². The molecular weight excluding hydrogens is 244 g/mol. The fourth-order valence-electron chi connectivity index (χ4n) is 4.95. The van der Waals surface area contributed by atoms with Crippen molar-refractivity contribution in [3.05, 3.63) is 0 Å². The lowest BCUT2D eigenvalue weighted by Crippen LogP contribution is -2.60. The fourth-order valence-corrected chi connectivity index (χ4v) is 4.95. The van der Waals surface area contributed by atoms with Gasteiger partial charge in [-0.2, -0.15) is 0 Å². The Hall–Kier alpha value is -0.0800. The summed E-state index contributed by atoms with van der Waals surface area (Å²) in [5.74, 6) is 0.952. The molecule has 2 aliphatic carbocycles. The van der Waals surface area contributed by atoms with Gasteiger partial charge in [0.25, 0.3) is 0 Å². The molecule has 3 fully saturated rings. The van der Waals surface area contributed by atoms with Crippen LogP contribution in [-0.4, -0.2) is 36.1 Å². The van der Waals surface area contributed by atoms with Crippen LogP contribution in [0.15, 0.2) is 0 Å². The minimum absolute atomic E-state index is 0.579. The summed E-state index contributed by atoms with van der Waals surface area (Å²) in [5, 5.41) is 3.87. The predicted octanol–water partition coefficient (Wildman–Crippen LogP) is 3.81. The molecule has 1 saturated heterocycles. The maximum Gasteiger partial charge on any atom is 0.0224 e. The Morgan fingerprint density at radius 1 is 1.05 bits per heavy atom. The molecule has 20 heavy (non-hydrogen) atoms. The highest BCUT2D eigenvalue weighted by Gasteiger charge is 2.39. The number of piperazine rings is 1. The van der Waals surface area contributed by atoms with Crippen LogP contribution in [0, 0.1) is 11.3 Å². The van der Waals surface area contributed by atoms with E-state index in [0.717, 1.165) is 24.0 Å². The highest BCUT2D eigenvalue weighted by atomic mass is 15.3. The number of hydrogen-bond acceptors (Lipinski definition) is 2.